The minimum atomic E-state index is 0.374. The number of aryl methyl sites for hydroxylation is 1. The van der Waals surface area contributed by atoms with E-state index in [4.69, 9.17) is 0 Å². The van der Waals surface area contributed by atoms with Crippen molar-refractivity contribution in [1.82, 2.24) is 20.0 Å². The maximum atomic E-state index is 4.23. The minimum Gasteiger partial charge on any atom is -0.306 e. The molecule has 0 bridgehead atoms. The number of nitrogens with zero attached hydrogens (tertiary/aromatic N) is 3. The quantitative estimate of drug-likeness (QED) is 0.867. The minimum absolute atomic E-state index is 0.374. The van der Waals surface area contributed by atoms with Crippen LogP contribution in [0.3, 0.4) is 0 Å². The molecular weight excluding hydrogens is 224 g/mol. The Hall–Kier alpha value is -0.870. The van der Waals surface area contributed by atoms with Gasteiger partial charge in [0.25, 0.3) is 0 Å². The van der Waals surface area contributed by atoms with Crippen molar-refractivity contribution in [3.8, 4) is 0 Å². The van der Waals surface area contributed by atoms with E-state index in [0.29, 0.717) is 12.1 Å². The van der Waals surface area contributed by atoms with Gasteiger partial charge >= 0.3 is 0 Å². The molecule has 0 aromatic carbocycles. The lowest BCUT2D eigenvalue weighted by Gasteiger charge is -2.30. The Labute approximate surface area is 110 Å². The molecule has 0 spiro atoms. The van der Waals surface area contributed by atoms with E-state index in [-0.39, 0.29) is 0 Å². The molecule has 1 N–H and O–H groups in total. The summed E-state index contributed by atoms with van der Waals surface area (Å²) in [4.78, 5) is 2.58. The van der Waals surface area contributed by atoms with Crippen molar-refractivity contribution in [2.75, 3.05) is 19.6 Å². The Balaban J connectivity index is 1.77. The molecule has 1 aromatic heterocycles. The van der Waals surface area contributed by atoms with Gasteiger partial charge in [-0.2, -0.15) is 5.10 Å². The van der Waals surface area contributed by atoms with Gasteiger partial charge in [-0.1, -0.05) is 6.42 Å². The molecule has 1 aromatic rings. The predicted octanol–water partition coefficient (Wildman–Crippen LogP) is 1.95. The van der Waals surface area contributed by atoms with E-state index in [9.17, 15) is 0 Å². The van der Waals surface area contributed by atoms with E-state index in [1.54, 1.807) is 0 Å². The first-order chi connectivity index (χ1) is 8.65. The van der Waals surface area contributed by atoms with Crippen LogP contribution < -0.4 is 5.32 Å². The lowest BCUT2D eigenvalue weighted by atomic mass is 10.1. The second-order valence-corrected chi connectivity index (χ2v) is 5.60. The second kappa shape index (κ2) is 6.34. The summed E-state index contributed by atoms with van der Waals surface area (Å²) in [5.41, 5.74) is 1.27. The zero-order valence-electron chi connectivity index (χ0n) is 11.9. The number of nitrogens with one attached hydrogen (secondary N) is 1. The molecular formula is C14H26N4. The molecule has 0 aliphatic carbocycles. The van der Waals surface area contributed by atoms with Gasteiger partial charge < -0.3 is 10.2 Å². The molecule has 0 saturated carbocycles. The van der Waals surface area contributed by atoms with Gasteiger partial charge in [0.15, 0.2) is 0 Å². The van der Waals surface area contributed by atoms with Crippen LogP contribution in [0.4, 0.5) is 0 Å². The highest BCUT2D eigenvalue weighted by Gasteiger charge is 2.15. The second-order valence-electron chi connectivity index (χ2n) is 5.60. The smallest absolute Gasteiger partial charge is 0.0537 e. The zero-order valence-corrected chi connectivity index (χ0v) is 11.9. The molecule has 2 rings (SSSR count). The van der Waals surface area contributed by atoms with Crippen molar-refractivity contribution < 1.29 is 0 Å². The van der Waals surface area contributed by atoms with Crippen molar-refractivity contribution in [1.29, 1.82) is 0 Å². The Morgan fingerprint density at radius 2 is 2.00 bits per heavy atom. The summed E-state index contributed by atoms with van der Waals surface area (Å²) in [6, 6.07) is 0.900. The number of hydrogen-bond acceptors (Lipinski definition) is 3. The van der Waals surface area contributed by atoms with Gasteiger partial charge in [-0.15, -0.1) is 0 Å². The first kappa shape index (κ1) is 13.6. The van der Waals surface area contributed by atoms with Crippen LogP contribution in [0, 0.1) is 0 Å². The third-order valence-corrected chi connectivity index (χ3v) is 3.74. The summed E-state index contributed by atoms with van der Waals surface area (Å²) in [5, 5.41) is 7.89. The van der Waals surface area contributed by atoms with E-state index in [1.807, 2.05) is 17.9 Å². The molecule has 2 unspecified atom stereocenters. The molecule has 1 saturated heterocycles. The fourth-order valence-electron chi connectivity index (χ4n) is 2.77. The molecule has 0 radical (unpaired) electrons. The summed E-state index contributed by atoms with van der Waals surface area (Å²) < 4.78 is 1.86. The highest BCUT2D eigenvalue weighted by atomic mass is 15.2. The largest absolute Gasteiger partial charge is 0.306 e. The van der Waals surface area contributed by atoms with Gasteiger partial charge in [0, 0.05) is 37.4 Å². The van der Waals surface area contributed by atoms with Crippen LogP contribution >= 0.6 is 0 Å². The molecule has 4 heteroatoms. The highest BCUT2D eigenvalue weighted by molar-refractivity contribution is 5.09. The molecule has 2 heterocycles. The standard InChI is InChI=1S/C14H26N4/c1-12(10-18-7-5-4-6-8-18)16-13(2)14-9-15-17(3)11-14/h9,11-13,16H,4-8,10H2,1-3H3. The van der Waals surface area contributed by atoms with Crippen molar-refractivity contribution in [3.05, 3.63) is 18.0 Å². The number of likely N-dealkylation sites (tertiary alicyclic amines) is 1. The normalized spacial score (nSPS) is 20.8. The fraction of sp³-hybridized carbons (Fsp3) is 0.786. The SMILES string of the molecule is CC(CN1CCCCC1)NC(C)c1cnn(C)c1. The molecule has 102 valence electrons. The maximum Gasteiger partial charge on any atom is 0.0537 e. The van der Waals surface area contributed by atoms with Crippen LogP contribution in [-0.2, 0) is 7.05 Å². The van der Waals surface area contributed by atoms with E-state index >= 15 is 0 Å². The van der Waals surface area contributed by atoms with Gasteiger partial charge in [0.1, 0.15) is 0 Å². The molecule has 1 aliphatic rings. The fourth-order valence-corrected chi connectivity index (χ4v) is 2.77. The molecule has 1 fully saturated rings. The van der Waals surface area contributed by atoms with Gasteiger partial charge in [0.2, 0.25) is 0 Å². The van der Waals surface area contributed by atoms with Crippen molar-refractivity contribution in [2.45, 2.75) is 45.2 Å². The lowest BCUT2D eigenvalue weighted by Crippen LogP contribution is -2.42. The number of hydrogen-bond donors (Lipinski definition) is 1. The van der Waals surface area contributed by atoms with Crippen LogP contribution in [0.5, 0.6) is 0 Å². The van der Waals surface area contributed by atoms with Crippen LogP contribution in [0.2, 0.25) is 0 Å². The predicted molar refractivity (Wildman–Crippen MR) is 74.5 cm³/mol. The van der Waals surface area contributed by atoms with Crippen LogP contribution in [-0.4, -0.2) is 40.4 Å². The summed E-state index contributed by atoms with van der Waals surface area (Å²) >= 11 is 0. The third-order valence-electron chi connectivity index (χ3n) is 3.74. The van der Waals surface area contributed by atoms with Gasteiger partial charge in [-0.05, 0) is 39.8 Å². The summed E-state index contributed by atoms with van der Waals surface area (Å²) in [6.45, 7) is 8.19. The third kappa shape index (κ3) is 3.82. The van der Waals surface area contributed by atoms with Gasteiger partial charge in [-0.25, -0.2) is 0 Å². The van der Waals surface area contributed by atoms with Gasteiger partial charge in [0.05, 0.1) is 6.20 Å². The lowest BCUT2D eigenvalue weighted by molar-refractivity contribution is 0.205. The van der Waals surface area contributed by atoms with Crippen molar-refractivity contribution in [3.63, 3.8) is 0 Å². The van der Waals surface area contributed by atoms with E-state index in [1.165, 1.54) is 37.9 Å². The van der Waals surface area contributed by atoms with E-state index < -0.39 is 0 Å². The maximum absolute atomic E-state index is 4.23. The molecule has 0 amide bonds. The summed E-state index contributed by atoms with van der Waals surface area (Å²) in [5.74, 6) is 0. The van der Waals surface area contributed by atoms with E-state index in [2.05, 4.69) is 35.4 Å². The number of aromatic nitrogens is 2. The zero-order chi connectivity index (χ0) is 13.0. The highest BCUT2D eigenvalue weighted by Crippen LogP contribution is 2.13. The topological polar surface area (TPSA) is 33.1 Å². The van der Waals surface area contributed by atoms with Crippen LogP contribution in [0.25, 0.3) is 0 Å². The summed E-state index contributed by atoms with van der Waals surface area (Å²) in [6.07, 6.45) is 8.18. The Kier molecular flexibility index (Phi) is 4.78. The van der Waals surface area contributed by atoms with Crippen molar-refractivity contribution in [2.24, 2.45) is 7.05 Å². The molecule has 1 aliphatic heterocycles. The average Bonchev–Trinajstić information content (AvgIpc) is 2.77. The van der Waals surface area contributed by atoms with E-state index in [0.717, 1.165) is 6.54 Å². The van der Waals surface area contributed by atoms with Crippen LogP contribution in [0.1, 0.15) is 44.7 Å². The van der Waals surface area contributed by atoms with Crippen molar-refractivity contribution >= 4 is 0 Å². The Morgan fingerprint density at radius 1 is 1.28 bits per heavy atom. The Morgan fingerprint density at radius 3 is 2.61 bits per heavy atom. The Bertz CT molecular complexity index is 354. The van der Waals surface area contributed by atoms with Gasteiger partial charge in [-0.3, -0.25) is 4.68 Å². The first-order valence-electron chi connectivity index (χ1n) is 7.12. The number of piperidine rings is 1. The van der Waals surface area contributed by atoms with Crippen LogP contribution in [0.15, 0.2) is 12.4 Å². The first-order valence-corrected chi connectivity index (χ1v) is 7.12. The number of rotatable bonds is 5. The molecule has 18 heavy (non-hydrogen) atoms. The summed E-state index contributed by atoms with van der Waals surface area (Å²) in [7, 11) is 1.97. The monoisotopic (exact) mass is 250 g/mol. The molecule has 4 nitrogen and oxygen atoms in total. The average molecular weight is 250 g/mol. The molecule has 2 atom stereocenters.